The summed E-state index contributed by atoms with van der Waals surface area (Å²) in [6, 6.07) is 8.16. The Morgan fingerprint density at radius 2 is 1.95 bits per heavy atom. The molecule has 0 spiro atoms. The van der Waals surface area contributed by atoms with Crippen LogP contribution in [0.4, 0.5) is 0 Å². The van der Waals surface area contributed by atoms with Gasteiger partial charge in [-0.05, 0) is 38.1 Å². The third kappa shape index (κ3) is 2.85. The Hall–Kier alpha value is -1.81. The Morgan fingerprint density at radius 1 is 1.25 bits per heavy atom. The van der Waals surface area contributed by atoms with Crippen molar-refractivity contribution in [3.05, 3.63) is 35.5 Å². The van der Waals surface area contributed by atoms with Gasteiger partial charge in [0, 0.05) is 35.2 Å². The second kappa shape index (κ2) is 5.67. The molecule has 20 heavy (non-hydrogen) atoms. The minimum atomic E-state index is -0.883. The third-order valence-electron chi connectivity index (χ3n) is 3.37. The van der Waals surface area contributed by atoms with Gasteiger partial charge in [-0.1, -0.05) is 13.8 Å². The number of nitrogens with one attached hydrogen (secondary N) is 1. The molecule has 0 unspecified atom stereocenters. The maximum atomic E-state index is 11.1. The maximum Gasteiger partial charge on any atom is 0.335 e. The highest BCUT2D eigenvalue weighted by molar-refractivity contribution is 5.94. The molecule has 0 fully saturated rings. The first-order valence-electron chi connectivity index (χ1n) is 7.00. The molecule has 0 atom stereocenters. The van der Waals surface area contributed by atoms with Crippen LogP contribution in [0.1, 0.15) is 49.8 Å². The van der Waals surface area contributed by atoms with E-state index in [0.29, 0.717) is 17.6 Å². The fourth-order valence-electron chi connectivity index (χ4n) is 2.48. The standard InChI is InChI=1S/C16H22N2O2/c1-10(2)17-9-14-8-13-7-12(16(19)20)5-6-15(13)18(14)11(3)4/h5-8,10-11,17H,9H2,1-4H3,(H,19,20). The normalized spacial score (nSPS) is 11.7. The number of benzene rings is 1. The van der Waals surface area contributed by atoms with Crippen LogP contribution in [0.25, 0.3) is 10.9 Å². The van der Waals surface area contributed by atoms with E-state index in [2.05, 4.69) is 43.6 Å². The predicted octanol–water partition coefficient (Wildman–Crippen LogP) is 3.42. The molecule has 2 rings (SSSR count). The van der Waals surface area contributed by atoms with Crippen molar-refractivity contribution in [2.45, 2.75) is 46.3 Å². The molecule has 0 saturated carbocycles. The zero-order valence-corrected chi connectivity index (χ0v) is 12.5. The molecule has 0 bridgehead atoms. The predicted molar refractivity (Wildman–Crippen MR) is 81.3 cm³/mol. The van der Waals surface area contributed by atoms with Crippen LogP contribution in [0.15, 0.2) is 24.3 Å². The zero-order chi connectivity index (χ0) is 14.9. The second-order valence-corrected chi connectivity index (χ2v) is 5.71. The number of rotatable bonds is 5. The van der Waals surface area contributed by atoms with Crippen LogP contribution in [0.2, 0.25) is 0 Å². The molecule has 1 aromatic heterocycles. The summed E-state index contributed by atoms with van der Waals surface area (Å²) in [5.41, 5.74) is 2.61. The van der Waals surface area contributed by atoms with Gasteiger partial charge in [-0.3, -0.25) is 0 Å². The highest BCUT2D eigenvalue weighted by atomic mass is 16.4. The van der Waals surface area contributed by atoms with Gasteiger partial charge in [0.1, 0.15) is 0 Å². The molecular weight excluding hydrogens is 252 g/mol. The SMILES string of the molecule is CC(C)NCc1cc2cc(C(=O)O)ccc2n1C(C)C. The molecule has 2 N–H and O–H groups in total. The van der Waals surface area contributed by atoms with Gasteiger partial charge in [-0.15, -0.1) is 0 Å². The summed E-state index contributed by atoms with van der Waals surface area (Å²) < 4.78 is 2.26. The van der Waals surface area contributed by atoms with E-state index in [1.165, 1.54) is 5.69 Å². The van der Waals surface area contributed by atoms with E-state index in [9.17, 15) is 4.79 Å². The van der Waals surface area contributed by atoms with Gasteiger partial charge in [0.15, 0.2) is 0 Å². The Kier molecular flexibility index (Phi) is 4.14. The van der Waals surface area contributed by atoms with Crippen LogP contribution in [-0.4, -0.2) is 21.7 Å². The monoisotopic (exact) mass is 274 g/mol. The summed E-state index contributed by atoms with van der Waals surface area (Å²) >= 11 is 0. The number of hydrogen-bond acceptors (Lipinski definition) is 2. The Labute approximate surface area is 119 Å². The molecule has 4 heteroatoms. The van der Waals surface area contributed by atoms with E-state index in [0.717, 1.165) is 17.4 Å². The summed E-state index contributed by atoms with van der Waals surface area (Å²) in [6.45, 7) is 9.30. The van der Waals surface area contributed by atoms with Crippen LogP contribution in [0.3, 0.4) is 0 Å². The summed E-state index contributed by atoms with van der Waals surface area (Å²) in [6.07, 6.45) is 0. The van der Waals surface area contributed by atoms with Crippen molar-refractivity contribution in [1.29, 1.82) is 0 Å². The van der Waals surface area contributed by atoms with E-state index in [-0.39, 0.29) is 0 Å². The number of hydrogen-bond donors (Lipinski definition) is 2. The number of carbonyl (C=O) groups is 1. The van der Waals surface area contributed by atoms with Crippen LogP contribution in [0.5, 0.6) is 0 Å². The number of aromatic nitrogens is 1. The highest BCUT2D eigenvalue weighted by Gasteiger charge is 2.13. The number of carboxylic acid groups (broad SMARTS) is 1. The fourth-order valence-corrected chi connectivity index (χ4v) is 2.48. The molecule has 0 radical (unpaired) electrons. The van der Waals surface area contributed by atoms with Gasteiger partial charge in [0.2, 0.25) is 0 Å². The van der Waals surface area contributed by atoms with Crippen LogP contribution in [0, 0.1) is 0 Å². The van der Waals surface area contributed by atoms with Gasteiger partial charge in [-0.25, -0.2) is 4.79 Å². The molecule has 108 valence electrons. The van der Waals surface area contributed by atoms with Gasteiger partial charge >= 0.3 is 5.97 Å². The Bertz CT molecular complexity index is 627. The molecule has 1 aromatic carbocycles. The van der Waals surface area contributed by atoms with Crippen molar-refractivity contribution >= 4 is 16.9 Å². The molecular formula is C16H22N2O2. The van der Waals surface area contributed by atoms with E-state index in [1.807, 2.05) is 6.07 Å². The lowest BCUT2D eigenvalue weighted by Crippen LogP contribution is -2.23. The van der Waals surface area contributed by atoms with Gasteiger partial charge < -0.3 is 15.0 Å². The molecule has 1 heterocycles. The lowest BCUT2D eigenvalue weighted by atomic mass is 10.1. The smallest absolute Gasteiger partial charge is 0.335 e. The zero-order valence-electron chi connectivity index (χ0n) is 12.5. The van der Waals surface area contributed by atoms with Crippen LogP contribution >= 0.6 is 0 Å². The van der Waals surface area contributed by atoms with E-state index in [1.54, 1.807) is 12.1 Å². The first kappa shape index (κ1) is 14.6. The lowest BCUT2D eigenvalue weighted by Gasteiger charge is -2.16. The van der Waals surface area contributed by atoms with Crippen LogP contribution < -0.4 is 5.32 Å². The average Bonchev–Trinajstić information content (AvgIpc) is 2.73. The summed E-state index contributed by atoms with van der Waals surface area (Å²) in [4.78, 5) is 11.1. The first-order valence-corrected chi connectivity index (χ1v) is 7.00. The minimum absolute atomic E-state index is 0.335. The van der Waals surface area contributed by atoms with Crippen molar-refractivity contribution in [3.63, 3.8) is 0 Å². The highest BCUT2D eigenvalue weighted by Crippen LogP contribution is 2.25. The number of carboxylic acids is 1. The Balaban J connectivity index is 2.50. The van der Waals surface area contributed by atoms with E-state index >= 15 is 0 Å². The van der Waals surface area contributed by atoms with E-state index in [4.69, 9.17) is 5.11 Å². The molecule has 0 aliphatic heterocycles. The summed E-state index contributed by atoms with van der Waals surface area (Å²) in [5, 5.41) is 13.5. The lowest BCUT2D eigenvalue weighted by molar-refractivity contribution is 0.0697. The average molecular weight is 274 g/mol. The largest absolute Gasteiger partial charge is 0.478 e. The molecule has 0 amide bonds. The third-order valence-corrected chi connectivity index (χ3v) is 3.37. The van der Waals surface area contributed by atoms with E-state index < -0.39 is 5.97 Å². The minimum Gasteiger partial charge on any atom is -0.478 e. The van der Waals surface area contributed by atoms with Gasteiger partial charge in [-0.2, -0.15) is 0 Å². The summed E-state index contributed by atoms with van der Waals surface area (Å²) in [7, 11) is 0. The van der Waals surface area contributed by atoms with Gasteiger partial charge in [0.25, 0.3) is 0 Å². The van der Waals surface area contributed by atoms with Crippen molar-refractivity contribution in [2.75, 3.05) is 0 Å². The van der Waals surface area contributed by atoms with Crippen molar-refractivity contribution in [3.8, 4) is 0 Å². The maximum absolute atomic E-state index is 11.1. The van der Waals surface area contributed by atoms with Crippen molar-refractivity contribution in [1.82, 2.24) is 9.88 Å². The molecule has 2 aromatic rings. The van der Waals surface area contributed by atoms with Crippen molar-refractivity contribution in [2.24, 2.45) is 0 Å². The van der Waals surface area contributed by atoms with Crippen molar-refractivity contribution < 1.29 is 9.90 Å². The first-order chi connectivity index (χ1) is 9.40. The molecule has 4 nitrogen and oxygen atoms in total. The Morgan fingerprint density at radius 3 is 2.50 bits per heavy atom. The molecule has 0 aliphatic rings. The summed E-state index contributed by atoms with van der Waals surface area (Å²) in [5.74, 6) is -0.883. The number of nitrogens with zero attached hydrogens (tertiary/aromatic N) is 1. The fraction of sp³-hybridized carbons (Fsp3) is 0.438. The van der Waals surface area contributed by atoms with Crippen LogP contribution in [-0.2, 0) is 6.54 Å². The quantitative estimate of drug-likeness (QED) is 0.878. The second-order valence-electron chi connectivity index (χ2n) is 5.71. The van der Waals surface area contributed by atoms with Gasteiger partial charge in [0.05, 0.1) is 5.56 Å². The number of fused-ring (bicyclic) bond motifs is 1. The molecule has 0 aliphatic carbocycles. The molecule has 0 saturated heterocycles. The topological polar surface area (TPSA) is 54.3 Å². The number of aromatic carboxylic acids is 1.